The molecule has 3 rings (SSSR count). The van der Waals surface area contributed by atoms with Crippen molar-refractivity contribution in [1.29, 1.82) is 0 Å². The second kappa shape index (κ2) is 9.49. The van der Waals surface area contributed by atoms with Crippen LogP contribution in [0.1, 0.15) is 17.4 Å². The molecule has 0 spiro atoms. The van der Waals surface area contributed by atoms with E-state index in [0.29, 0.717) is 17.5 Å². The third kappa shape index (κ3) is 4.71. The minimum Gasteiger partial charge on any atom is -0.310 e. The topological polar surface area (TPSA) is 72.7 Å². The van der Waals surface area contributed by atoms with E-state index in [1.807, 2.05) is 16.7 Å². The molecule has 0 fully saturated rings. The molecule has 0 saturated heterocycles. The second-order valence-electron chi connectivity index (χ2n) is 5.94. The highest BCUT2D eigenvalue weighted by molar-refractivity contribution is 9.10. The van der Waals surface area contributed by atoms with Gasteiger partial charge in [-0.15, -0.1) is 28.1 Å². The second-order valence-corrected chi connectivity index (χ2v) is 8.88. The lowest BCUT2D eigenvalue weighted by Crippen LogP contribution is -2.15. The number of carbonyl (C=O) groups is 1. The van der Waals surface area contributed by atoms with E-state index < -0.39 is 0 Å². The summed E-state index contributed by atoms with van der Waals surface area (Å²) in [5.74, 6) is 1.41. The molecular formula is C19H20BrN5OS2. The lowest BCUT2D eigenvalue weighted by atomic mass is 10.1. The third-order valence-electron chi connectivity index (χ3n) is 4.05. The van der Waals surface area contributed by atoms with E-state index in [0.717, 1.165) is 22.3 Å². The van der Waals surface area contributed by atoms with Crippen molar-refractivity contribution in [3.05, 3.63) is 51.3 Å². The number of hydrogen-bond acceptors (Lipinski definition) is 6. The zero-order valence-electron chi connectivity index (χ0n) is 15.6. The number of carbonyl (C=O) groups excluding carboxylic acids is 1. The van der Waals surface area contributed by atoms with Crippen molar-refractivity contribution in [2.24, 2.45) is 0 Å². The summed E-state index contributed by atoms with van der Waals surface area (Å²) >= 11 is 6.39. The number of allylic oxidation sites excluding steroid dienone is 1. The van der Waals surface area contributed by atoms with Crippen molar-refractivity contribution in [3.63, 3.8) is 0 Å². The van der Waals surface area contributed by atoms with Crippen LogP contribution in [0.3, 0.4) is 0 Å². The number of anilines is 1. The van der Waals surface area contributed by atoms with Crippen LogP contribution in [0.15, 0.2) is 46.0 Å². The van der Waals surface area contributed by atoms with Gasteiger partial charge in [-0.2, -0.15) is 0 Å². The molecular weight excluding hydrogens is 458 g/mol. The predicted octanol–water partition coefficient (Wildman–Crippen LogP) is 4.95. The fourth-order valence-corrected chi connectivity index (χ4v) is 4.67. The van der Waals surface area contributed by atoms with E-state index in [2.05, 4.69) is 62.2 Å². The van der Waals surface area contributed by atoms with Crippen molar-refractivity contribution in [2.75, 3.05) is 11.1 Å². The van der Waals surface area contributed by atoms with Crippen LogP contribution >= 0.6 is 39.0 Å². The normalized spacial score (nSPS) is 10.8. The molecule has 9 heteroatoms. The van der Waals surface area contributed by atoms with E-state index in [-0.39, 0.29) is 11.7 Å². The van der Waals surface area contributed by atoms with Gasteiger partial charge in [0.15, 0.2) is 11.0 Å². The van der Waals surface area contributed by atoms with Gasteiger partial charge in [0.25, 0.3) is 0 Å². The Balaban J connectivity index is 1.75. The van der Waals surface area contributed by atoms with E-state index >= 15 is 0 Å². The van der Waals surface area contributed by atoms with Crippen molar-refractivity contribution in [3.8, 4) is 11.4 Å². The maximum absolute atomic E-state index is 12.3. The Hall–Kier alpha value is -1.97. The molecule has 0 atom stereocenters. The van der Waals surface area contributed by atoms with Crippen LogP contribution in [-0.4, -0.2) is 31.4 Å². The fourth-order valence-electron chi connectivity index (χ4n) is 2.75. The predicted molar refractivity (Wildman–Crippen MR) is 119 cm³/mol. The molecule has 0 aromatic carbocycles. The van der Waals surface area contributed by atoms with Crippen LogP contribution in [0.2, 0.25) is 0 Å². The summed E-state index contributed by atoms with van der Waals surface area (Å²) in [5, 5.41) is 14.3. The third-order valence-corrected chi connectivity index (χ3v) is 6.44. The maximum atomic E-state index is 12.3. The quantitative estimate of drug-likeness (QED) is 0.366. The molecule has 28 heavy (non-hydrogen) atoms. The van der Waals surface area contributed by atoms with Crippen LogP contribution in [0.4, 0.5) is 5.82 Å². The van der Waals surface area contributed by atoms with E-state index in [9.17, 15) is 4.79 Å². The van der Waals surface area contributed by atoms with Crippen LogP contribution < -0.4 is 5.32 Å². The summed E-state index contributed by atoms with van der Waals surface area (Å²) in [6.07, 6.45) is 4.40. The summed E-state index contributed by atoms with van der Waals surface area (Å²) in [6, 6.07) is 3.58. The highest BCUT2D eigenvalue weighted by atomic mass is 79.9. The number of amides is 1. The monoisotopic (exact) mass is 477 g/mol. The number of aromatic nitrogens is 4. The Labute approximate surface area is 180 Å². The Morgan fingerprint density at radius 1 is 1.43 bits per heavy atom. The van der Waals surface area contributed by atoms with Gasteiger partial charge >= 0.3 is 0 Å². The number of nitrogens with one attached hydrogen (secondary N) is 1. The van der Waals surface area contributed by atoms with E-state index in [4.69, 9.17) is 0 Å². The molecule has 1 amide bonds. The summed E-state index contributed by atoms with van der Waals surface area (Å²) in [4.78, 5) is 17.7. The van der Waals surface area contributed by atoms with Crippen molar-refractivity contribution in [2.45, 2.75) is 32.0 Å². The van der Waals surface area contributed by atoms with Crippen LogP contribution in [0.25, 0.3) is 11.4 Å². The van der Waals surface area contributed by atoms with Crippen molar-refractivity contribution in [1.82, 2.24) is 19.7 Å². The molecule has 0 radical (unpaired) electrons. The summed E-state index contributed by atoms with van der Waals surface area (Å²) in [5.41, 5.74) is 2.40. The molecule has 3 aromatic heterocycles. The van der Waals surface area contributed by atoms with E-state index in [1.54, 1.807) is 23.6 Å². The first-order valence-electron chi connectivity index (χ1n) is 8.69. The van der Waals surface area contributed by atoms with Gasteiger partial charge in [-0.25, -0.2) is 4.98 Å². The van der Waals surface area contributed by atoms with Crippen LogP contribution in [0, 0.1) is 6.92 Å². The van der Waals surface area contributed by atoms with E-state index in [1.165, 1.54) is 22.2 Å². The van der Waals surface area contributed by atoms with Gasteiger partial charge in [0, 0.05) is 33.0 Å². The average molecular weight is 478 g/mol. The van der Waals surface area contributed by atoms with Gasteiger partial charge in [0.2, 0.25) is 5.91 Å². The van der Waals surface area contributed by atoms with Gasteiger partial charge in [0.05, 0.1) is 5.75 Å². The number of aryl methyl sites for hydroxylation is 1. The smallest absolute Gasteiger partial charge is 0.236 e. The molecule has 0 saturated carbocycles. The van der Waals surface area contributed by atoms with Gasteiger partial charge in [-0.3, -0.25) is 9.36 Å². The average Bonchev–Trinajstić information content (AvgIpc) is 3.25. The lowest BCUT2D eigenvalue weighted by Gasteiger charge is -2.08. The SMILES string of the molecule is C=CCn1c(SCC(=O)Nc2ccc(Br)cn2)nnc1-c1csc(C)c1CC. The minimum absolute atomic E-state index is 0.143. The number of thiophene rings is 1. The lowest BCUT2D eigenvalue weighted by molar-refractivity contribution is -0.113. The van der Waals surface area contributed by atoms with Crippen molar-refractivity contribution < 1.29 is 4.79 Å². The van der Waals surface area contributed by atoms with Gasteiger partial charge < -0.3 is 5.32 Å². The Kier molecular flexibility index (Phi) is 7.03. The zero-order valence-corrected chi connectivity index (χ0v) is 18.8. The molecule has 0 bridgehead atoms. The summed E-state index contributed by atoms with van der Waals surface area (Å²) < 4.78 is 2.86. The Bertz CT molecular complexity index is 981. The van der Waals surface area contributed by atoms with Crippen LogP contribution in [-0.2, 0) is 17.8 Å². The molecule has 146 valence electrons. The Morgan fingerprint density at radius 2 is 2.25 bits per heavy atom. The molecule has 6 nitrogen and oxygen atoms in total. The highest BCUT2D eigenvalue weighted by Crippen LogP contribution is 2.32. The first kappa shape index (κ1) is 20.8. The van der Waals surface area contributed by atoms with Gasteiger partial charge in [-0.1, -0.05) is 24.8 Å². The number of nitrogens with zero attached hydrogens (tertiary/aromatic N) is 4. The number of thioether (sulfide) groups is 1. The molecule has 0 aliphatic carbocycles. The zero-order chi connectivity index (χ0) is 20.1. The fraction of sp³-hybridized carbons (Fsp3) is 0.263. The molecule has 0 unspecified atom stereocenters. The number of hydrogen-bond donors (Lipinski definition) is 1. The van der Waals surface area contributed by atoms with Crippen molar-refractivity contribution >= 4 is 50.8 Å². The summed E-state index contributed by atoms with van der Waals surface area (Å²) in [7, 11) is 0. The van der Waals surface area contributed by atoms with Gasteiger partial charge in [0.1, 0.15) is 5.82 Å². The number of rotatable bonds is 8. The molecule has 1 N–H and O–H groups in total. The highest BCUT2D eigenvalue weighted by Gasteiger charge is 2.19. The molecule has 0 aliphatic heterocycles. The largest absolute Gasteiger partial charge is 0.310 e. The minimum atomic E-state index is -0.143. The molecule has 0 aliphatic rings. The number of pyridine rings is 1. The standard InChI is InChI=1S/C19H20BrN5OS2/c1-4-8-25-18(15-10-27-12(3)14(15)5-2)23-24-19(25)28-11-17(26)22-16-7-6-13(20)9-21-16/h4,6-7,9-10H,1,5,8,11H2,2-3H3,(H,21,22,26). The van der Waals surface area contributed by atoms with Crippen LogP contribution in [0.5, 0.6) is 0 Å². The molecule has 3 heterocycles. The first-order valence-corrected chi connectivity index (χ1v) is 11.3. The number of halogens is 1. The summed E-state index contributed by atoms with van der Waals surface area (Å²) in [6.45, 7) is 8.69. The maximum Gasteiger partial charge on any atom is 0.236 e. The van der Waals surface area contributed by atoms with Gasteiger partial charge in [-0.05, 0) is 47.0 Å². The first-order chi connectivity index (χ1) is 13.5. The Morgan fingerprint density at radius 3 is 2.93 bits per heavy atom. The molecule has 3 aromatic rings.